The Labute approximate surface area is 166 Å². The van der Waals surface area contributed by atoms with Crippen LogP contribution in [0.4, 0.5) is 5.69 Å². The third kappa shape index (κ3) is 5.70. The van der Waals surface area contributed by atoms with Crippen molar-refractivity contribution in [3.05, 3.63) is 104 Å². The molecule has 1 N–H and O–H groups in total. The minimum absolute atomic E-state index is 0.120. The van der Waals surface area contributed by atoms with Gasteiger partial charge in [-0.1, -0.05) is 46.3 Å². The Bertz CT molecular complexity index is 868. The average molecular weight is 426 g/mol. The highest BCUT2D eigenvalue weighted by Crippen LogP contribution is 2.20. The summed E-state index contributed by atoms with van der Waals surface area (Å²) in [6.07, 6.45) is 3.40. The summed E-state index contributed by atoms with van der Waals surface area (Å²) in [7, 11) is 0. The van der Waals surface area contributed by atoms with Crippen LogP contribution in [0.5, 0.6) is 0 Å². The zero-order chi connectivity index (χ0) is 19.1. The SMILES string of the molecule is O=[N+]([O-])c1ccc(CCN[C@H](Cc2ccccn2)c2ccc(Br)cc2)cc1. The fourth-order valence-corrected chi connectivity index (χ4v) is 3.17. The van der Waals surface area contributed by atoms with Gasteiger partial charge in [-0.2, -0.15) is 0 Å². The minimum Gasteiger partial charge on any atom is -0.309 e. The Morgan fingerprint density at radius 3 is 2.41 bits per heavy atom. The van der Waals surface area contributed by atoms with E-state index in [2.05, 4.69) is 38.4 Å². The van der Waals surface area contributed by atoms with Crippen LogP contribution in [0.25, 0.3) is 0 Å². The maximum atomic E-state index is 10.8. The Morgan fingerprint density at radius 2 is 1.78 bits per heavy atom. The van der Waals surface area contributed by atoms with Gasteiger partial charge < -0.3 is 5.32 Å². The lowest BCUT2D eigenvalue weighted by Crippen LogP contribution is -2.26. The van der Waals surface area contributed by atoms with Gasteiger partial charge in [-0.15, -0.1) is 0 Å². The quantitative estimate of drug-likeness (QED) is 0.412. The summed E-state index contributed by atoms with van der Waals surface area (Å²) in [4.78, 5) is 14.8. The summed E-state index contributed by atoms with van der Waals surface area (Å²) < 4.78 is 1.05. The van der Waals surface area contributed by atoms with E-state index < -0.39 is 0 Å². The molecule has 1 heterocycles. The molecule has 27 heavy (non-hydrogen) atoms. The number of benzene rings is 2. The largest absolute Gasteiger partial charge is 0.309 e. The van der Waals surface area contributed by atoms with Crippen molar-refractivity contribution in [2.75, 3.05) is 6.54 Å². The van der Waals surface area contributed by atoms with E-state index in [1.807, 2.05) is 48.7 Å². The number of aromatic nitrogens is 1. The van der Waals surface area contributed by atoms with Crippen LogP contribution in [0.2, 0.25) is 0 Å². The Morgan fingerprint density at radius 1 is 1.04 bits per heavy atom. The molecule has 0 amide bonds. The molecule has 0 fully saturated rings. The molecule has 138 valence electrons. The number of hydrogen-bond acceptors (Lipinski definition) is 4. The normalized spacial score (nSPS) is 11.9. The van der Waals surface area contributed by atoms with Gasteiger partial charge in [-0.05, 0) is 48.4 Å². The fourth-order valence-electron chi connectivity index (χ4n) is 2.91. The molecule has 0 radical (unpaired) electrons. The summed E-state index contributed by atoms with van der Waals surface area (Å²) in [6, 6.07) is 21.1. The molecular formula is C21H20BrN3O2. The van der Waals surface area contributed by atoms with Crippen molar-refractivity contribution in [3.63, 3.8) is 0 Å². The zero-order valence-corrected chi connectivity index (χ0v) is 16.3. The highest BCUT2D eigenvalue weighted by atomic mass is 79.9. The van der Waals surface area contributed by atoms with Gasteiger partial charge in [0, 0.05) is 41.0 Å². The monoisotopic (exact) mass is 425 g/mol. The van der Waals surface area contributed by atoms with Crippen LogP contribution in [-0.4, -0.2) is 16.5 Å². The molecule has 1 atom stereocenters. The number of nitrogens with zero attached hydrogens (tertiary/aromatic N) is 2. The summed E-state index contributed by atoms with van der Waals surface area (Å²) in [6.45, 7) is 0.769. The van der Waals surface area contributed by atoms with E-state index in [0.29, 0.717) is 0 Å². The predicted octanol–water partition coefficient (Wildman–Crippen LogP) is 4.87. The van der Waals surface area contributed by atoms with E-state index in [4.69, 9.17) is 0 Å². The molecule has 2 aromatic carbocycles. The van der Waals surface area contributed by atoms with Gasteiger partial charge in [0.15, 0.2) is 0 Å². The van der Waals surface area contributed by atoms with E-state index in [1.54, 1.807) is 12.1 Å². The number of nitro benzene ring substituents is 1. The lowest BCUT2D eigenvalue weighted by molar-refractivity contribution is -0.384. The van der Waals surface area contributed by atoms with Crippen LogP contribution in [0, 0.1) is 10.1 Å². The second kappa shape index (κ2) is 9.39. The molecule has 0 aliphatic heterocycles. The maximum Gasteiger partial charge on any atom is 0.269 e. The molecule has 0 aliphatic carbocycles. The van der Waals surface area contributed by atoms with Gasteiger partial charge in [-0.3, -0.25) is 15.1 Å². The second-order valence-corrected chi connectivity index (χ2v) is 7.17. The maximum absolute atomic E-state index is 10.8. The number of non-ortho nitro benzene ring substituents is 1. The van der Waals surface area contributed by atoms with Crippen LogP contribution in [0.1, 0.15) is 22.9 Å². The van der Waals surface area contributed by atoms with Gasteiger partial charge in [-0.25, -0.2) is 0 Å². The lowest BCUT2D eigenvalue weighted by atomic mass is 10.0. The van der Waals surface area contributed by atoms with Crippen molar-refractivity contribution >= 4 is 21.6 Å². The van der Waals surface area contributed by atoms with E-state index in [0.717, 1.165) is 35.1 Å². The Kier molecular flexibility index (Phi) is 6.68. The van der Waals surface area contributed by atoms with Gasteiger partial charge in [0.2, 0.25) is 0 Å². The summed E-state index contributed by atoms with van der Waals surface area (Å²) in [5.41, 5.74) is 3.43. The molecule has 1 aromatic heterocycles. The smallest absolute Gasteiger partial charge is 0.269 e. The van der Waals surface area contributed by atoms with E-state index >= 15 is 0 Å². The molecule has 0 saturated carbocycles. The van der Waals surface area contributed by atoms with Crippen LogP contribution < -0.4 is 5.32 Å². The van der Waals surface area contributed by atoms with Crippen molar-refractivity contribution in [2.24, 2.45) is 0 Å². The predicted molar refractivity (Wildman–Crippen MR) is 110 cm³/mol. The molecule has 5 nitrogen and oxygen atoms in total. The van der Waals surface area contributed by atoms with Gasteiger partial charge in [0.25, 0.3) is 5.69 Å². The molecule has 3 aromatic rings. The van der Waals surface area contributed by atoms with E-state index in [-0.39, 0.29) is 16.7 Å². The molecule has 0 saturated heterocycles. The molecular weight excluding hydrogens is 406 g/mol. The second-order valence-electron chi connectivity index (χ2n) is 6.26. The van der Waals surface area contributed by atoms with Crippen LogP contribution in [0.3, 0.4) is 0 Å². The van der Waals surface area contributed by atoms with Gasteiger partial charge in [0.1, 0.15) is 0 Å². The first-order chi connectivity index (χ1) is 13.1. The standard InChI is InChI=1S/C21H20BrN3O2/c22-18-8-6-17(7-9-18)21(15-19-3-1-2-13-23-19)24-14-12-16-4-10-20(11-5-16)25(26)27/h1-11,13,21,24H,12,14-15H2/t21-/m1/s1. The van der Waals surface area contributed by atoms with Crippen LogP contribution in [0.15, 0.2) is 77.4 Å². The first kappa shape index (κ1) is 19.2. The fraction of sp³-hybridized carbons (Fsp3) is 0.190. The van der Waals surface area contributed by atoms with Crippen molar-refractivity contribution in [1.29, 1.82) is 0 Å². The van der Waals surface area contributed by atoms with Gasteiger partial charge >= 0.3 is 0 Å². The molecule has 6 heteroatoms. The van der Waals surface area contributed by atoms with Crippen LogP contribution in [-0.2, 0) is 12.8 Å². The number of nitrogens with one attached hydrogen (secondary N) is 1. The van der Waals surface area contributed by atoms with E-state index in [9.17, 15) is 10.1 Å². The number of rotatable bonds is 8. The van der Waals surface area contributed by atoms with Crippen molar-refractivity contribution in [3.8, 4) is 0 Å². The number of pyridine rings is 1. The van der Waals surface area contributed by atoms with Crippen molar-refractivity contribution in [1.82, 2.24) is 10.3 Å². The molecule has 0 spiro atoms. The lowest BCUT2D eigenvalue weighted by Gasteiger charge is -2.19. The van der Waals surface area contributed by atoms with Crippen molar-refractivity contribution in [2.45, 2.75) is 18.9 Å². The summed E-state index contributed by atoms with van der Waals surface area (Å²) >= 11 is 3.48. The third-order valence-corrected chi connectivity index (χ3v) is 4.89. The van der Waals surface area contributed by atoms with E-state index in [1.165, 1.54) is 5.56 Å². The third-order valence-electron chi connectivity index (χ3n) is 4.36. The minimum atomic E-state index is -0.377. The molecule has 0 aliphatic rings. The average Bonchev–Trinajstić information content (AvgIpc) is 2.69. The van der Waals surface area contributed by atoms with Crippen molar-refractivity contribution < 1.29 is 4.92 Å². The molecule has 3 rings (SSSR count). The Balaban J connectivity index is 1.65. The summed E-state index contributed by atoms with van der Waals surface area (Å²) in [5, 5.41) is 14.4. The Hall–Kier alpha value is -2.57. The first-order valence-electron chi connectivity index (χ1n) is 8.74. The number of halogens is 1. The topological polar surface area (TPSA) is 68.1 Å². The number of nitro groups is 1. The molecule has 0 unspecified atom stereocenters. The van der Waals surface area contributed by atoms with Gasteiger partial charge in [0.05, 0.1) is 4.92 Å². The first-order valence-corrected chi connectivity index (χ1v) is 9.53. The zero-order valence-electron chi connectivity index (χ0n) is 14.7. The number of hydrogen-bond donors (Lipinski definition) is 1. The highest BCUT2D eigenvalue weighted by molar-refractivity contribution is 9.10. The summed E-state index contributed by atoms with van der Waals surface area (Å²) in [5.74, 6) is 0. The highest BCUT2D eigenvalue weighted by Gasteiger charge is 2.13. The van der Waals surface area contributed by atoms with Crippen LogP contribution >= 0.6 is 15.9 Å². The molecule has 0 bridgehead atoms.